The topological polar surface area (TPSA) is 62.3 Å². The molecule has 0 atom stereocenters. The summed E-state index contributed by atoms with van der Waals surface area (Å²) in [6, 6.07) is 3.51. The molecule has 1 heterocycles. The number of hydrogen-bond donors (Lipinski definition) is 1. The number of unbranched alkanes of at least 4 members (excludes halogenated alkanes) is 1. The molecule has 0 bridgehead atoms. The summed E-state index contributed by atoms with van der Waals surface area (Å²) in [5.41, 5.74) is 0.840. The molecule has 22 heavy (non-hydrogen) atoms. The summed E-state index contributed by atoms with van der Waals surface area (Å²) in [5, 5.41) is 3.00. The Hall–Kier alpha value is -1.91. The Labute approximate surface area is 132 Å². The van der Waals surface area contributed by atoms with Gasteiger partial charge in [0.05, 0.1) is 0 Å². The Morgan fingerprint density at radius 2 is 2.09 bits per heavy atom. The minimum absolute atomic E-state index is 0.0641. The van der Waals surface area contributed by atoms with Gasteiger partial charge in [0.2, 0.25) is 0 Å². The molecule has 5 heteroatoms. The Balaban J connectivity index is 2.02. The highest BCUT2D eigenvalue weighted by Gasteiger charge is 2.20. The van der Waals surface area contributed by atoms with Gasteiger partial charge in [-0.3, -0.25) is 14.6 Å². The van der Waals surface area contributed by atoms with Gasteiger partial charge in [0, 0.05) is 31.4 Å². The van der Waals surface area contributed by atoms with E-state index < -0.39 is 0 Å². The van der Waals surface area contributed by atoms with Gasteiger partial charge in [-0.15, -0.1) is 0 Å². The number of hydrogen-bond acceptors (Lipinski definition) is 3. The fourth-order valence-electron chi connectivity index (χ4n) is 2.73. The summed E-state index contributed by atoms with van der Waals surface area (Å²) in [7, 11) is 1.79. The van der Waals surface area contributed by atoms with E-state index in [1.807, 2.05) is 0 Å². The highest BCUT2D eigenvalue weighted by molar-refractivity contribution is 5.98. The molecule has 0 radical (unpaired) electrons. The molecule has 2 rings (SSSR count). The zero-order valence-corrected chi connectivity index (χ0v) is 13.5. The summed E-state index contributed by atoms with van der Waals surface area (Å²) in [5.74, 6) is -0.247. The van der Waals surface area contributed by atoms with Crippen LogP contribution in [0.25, 0.3) is 0 Å². The van der Waals surface area contributed by atoms with E-state index in [2.05, 4.69) is 17.2 Å². The van der Waals surface area contributed by atoms with Gasteiger partial charge >= 0.3 is 0 Å². The number of nitrogens with zero attached hydrogens (tertiary/aromatic N) is 2. The second kappa shape index (κ2) is 7.92. The van der Waals surface area contributed by atoms with Crippen LogP contribution in [0.4, 0.5) is 0 Å². The number of rotatable bonds is 6. The van der Waals surface area contributed by atoms with Gasteiger partial charge < -0.3 is 10.2 Å². The molecule has 0 spiro atoms. The predicted octanol–water partition coefficient (Wildman–Crippen LogP) is 2.63. The first-order valence-corrected chi connectivity index (χ1v) is 8.14. The fraction of sp³-hybridized carbons (Fsp3) is 0.588. The number of nitrogens with one attached hydrogen (secondary N) is 1. The van der Waals surface area contributed by atoms with Crippen LogP contribution in [0.1, 0.15) is 66.3 Å². The van der Waals surface area contributed by atoms with Crippen LogP contribution in [0.3, 0.4) is 0 Å². The monoisotopic (exact) mass is 303 g/mol. The molecular weight excluding hydrogens is 278 g/mol. The largest absolute Gasteiger partial charge is 0.348 e. The highest BCUT2D eigenvalue weighted by Crippen LogP contribution is 2.18. The molecule has 1 aliphatic rings. The molecule has 1 aliphatic carbocycles. The number of amides is 2. The molecule has 0 aromatic carbocycles. The maximum atomic E-state index is 12.3. The SMILES string of the molecule is CCCCN(C)C(=O)c1ccnc(C(=O)NC2CCCC2)c1. The summed E-state index contributed by atoms with van der Waals surface area (Å²) < 4.78 is 0. The predicted molar refractivity (Wildman–Crippen MR) is 85.8 cm³/mol. The molecule has 1 aromatic heterocycles. The molecule has 5 nitrogen and oxygen atoms in total. The Morgan fingerprint density at radius 1 is 1.36 bits per heavy atom. The third-order valence-electron chi connectivity index (χ3n) is 4.12. The average Bonchev–Trinajstić information content (AvgIpc) is 3.04. The third kappa shape index (κ3) is 4.29. The maximum absolute atomic E-state index is 12.3. The van der Waals surface area contributed by atoms with Crippen molar-refractivity contribution in [2.75, 3.05) is 13.6 Å². The van der Waals surface area contributed by atoms with Gasteiger partial charge in [0.15, 0.2) is 0 Å². The quantitative estimate of drug-likeness (QED) is 0.878. The van der Waals surface area contributed by atoms with E-state index in [0.717, 1.165) is 32.2 Å². The molecule has 0 unspecified atom stereocenters. The zero-order valence-electron chi connectivity index (χ0n) is 13.5. The standard InChI is InChI=1S/C17H25N3O2/c1-3-4-11-20(2)17(22)13-9-10-18-15(12-13)16(21)19-14-7-5-6-8-14/h9-10,12,14H,3-8,11H2,1-2H3,(H,19,21). The number of aromatic nitrogens is 1. The van der Waals surface area contributed by atoms with E-state index in [-0.39, 0.29) is 17.9 Å². The van der Waals surface area contributed by atoms with Gasteiger partial charge in [-0.25, -0.2) is 0 Å². The Kier molecular flexibility index (Phi) is 5.92. The van der Waals surface area contributed by atoms with E-state index in [1.165, 1.54) is 19.0 Å². The van der Waals surface area contributed by atoms with Crippen molar-refractivity contribution in [2.24, 2.45) is 0 Å². The van der Waals surface area contributed by atoms with Crippen LogP contribution in [0, 0.1) is 0 Å². The molecule has 2 amide bonds. The molecule has 1 N–H and O–H groups in total. The van der Waals surface area contributed by atoms with Crippen molar-refractivity contribution in [3.63, 3.8) is 0 Å². The maximum Gasteiger partial charge on any atom is 0.270 e. The molecule has 1 saturated carbocycles. The van der Waals surface area contributed by atoms with Gasteiger partial charge in [-0.1, -0.05) is 26.2 Å². The van der Waals surface area contributed by atoms with Gasteiger partial charge in [-0.05, 0) is 31.4 Å². The molecule has 120 valence electrons. The van der Waals surface area contributed by atoms with Crippen LogP contribution in [0.5, 0.6) is 0 Å². The van der Waals surface area contributed by atoms with Crippen LogP contribution in [-0.4, -0.2) is 41.3 Å². The van der Waals surface area contributed by atoms with Crippen LogP contribution >= 0.6 is 0 Å². The first-order chi connectivity index (χ1) is 10.6. The van der Waals surface area contributed by atoms with E-state index in [0.29, 0.717) is 11.3 Å². The number of carbonyl (C=O) groups excluding carboxylic acids is 2. The first kappa shape index (κ1) is 16.5. The van der Waals surface area contributed by atoms with Gasteiger partial charge in [0.25, 0.3) is 11.8 Å². The van der Waals surface area contributed by atoms with Crippen LogP contribution in [0.15, 0.2) is 18.3 Å². The van der Waals surface area contributed by atoms with Crippen molar-refractivity contribution in [1.82, 2.24) is 15.2 Å². The lowest BCUT2D eigenvalue weighted by atomic mass is 10.1. The normalized spacial score (nSPS) is 14.8. The minimum atomic E-state index is -0.183. The molecular formula is C17H25N3O2. The summed E-state index contributed by atoms with van der Waals surface area (Å²) >= 11 is 0. The molecule has 0 saturated heterocycles. The summed E-state index contributed by atoms with van der Waals surface area (Å²) in [6.07, 6.45) is 7.95. The van der Waals surface area contributed by atoms with Crippen molar-refractivity contribution in [3.8, 4) is 0 Å². The van der Waals surface area contributed by atoms with E-state index in [1.54, 1.807) is 24.1 Å². The third-order valence-corrected chi connectivity index (χ3v) is 4.12. The number of pyridine rings is 1. The van der Waals surface area contributed by atoms with Crippen molar-refractivity contribution in [3.05, 3.63) is 29.6 Å². The van der Waals surface area contributed by atoms with Crippen molar-refractivity contribution < 1.29 is 9.59 Å². The molecule has 1 aromatic rings. The lowest BCUT2D eigenvalue weighted by molar-refractivity contribution is 0.0793. The van der Waals surface area contributed by atoms with E-state index in [9.17, 15) is 9.59 Å². The van der Waals surface area contributed by atoms with E-state index >= 15 is 0 Å². The van der Waals surface area contributed by atoms with Crippen molar-refractivity contribution >= 4 is 11.8 Å². The second-order valence-electron chi connectivity index (χ2n) is 5.96. The van der Waals surface area contributed by atoms with Gasteiger partial charge in [0.1, 0.15) is 5.69 Å². The van der Waals surface area contributed by atoms with E-state index in [4.69, 9.17) is 0 Å². The smallest absolute Gasteiger partial charge is 0.270 e. The zero-order chi connectivity index (χ0) is 15.9. The van der Waals surface area contributed by atoms with Crippen molar-refractivity contribution in [2.45, 2.75) is 51.5 Å². The van der Waals surface area contributed by atoms with Crippen LogP contribution < -0.4 is 5.32 Å². The molecule has 1 fully saturated rings. The Bertz CT molecular complexity index is 524. The first-order valence-electron chi connectivity index (χ1n) is 8.14. The van der Waals surface area contributed by atoms with Crippen LogP contribution in [-0.2, 0) is 0 Å². The Morgan fingerprint density at radius 3 is 2.77 bits per heavy atom. The molecule has 0 aliphatic heterocycles. The number of carbonyl (C=O) groups is 2. The second-order valence-corrected chi connectivity index (χ2v) is 5.96. The van der Waals surface area contributed by atoms with Crippen LogP contribution in [0.2, 0.25) is 0 Å². The lowest BCUT2D eigenvalue weighted by Gasteiger charge is -2.17. The lowest BCUT2D eigenvalue weighted by Crippen LogP contribution is -2.33. The average molecular weight is 303 g/mol. The summed E-state index contributed by atoms with van der Waals surface area (Å²) in [6.45, 7) is 2.82. The van der Waals surface area contributed by atoms with Gasteiger partial charge in [-0.2, -0.15) is 0 Å². The fourth-order valence-corrected chi connectivity index (χ4v) is 2.73. The summed E-state index contributed by atoms with van der Waals surface area (Å²) in [4.78, 5) is 30.3. The van der Waals surface area contributed by atoms with Crippen molar-refractivity contribution in [1.29, 1.82) is 0 Å². The highest BCUT2D eigenvalue weighted by atomic mass is 16.2. The minimum Gasteiger partial charge on any atom is -0.348 e.